The lowest BCUT2D eigenvalue weighted by Crippen LogP contribution is -2.43. The van der Waals surface area contributed by atoms with Gasteiger partial charge in [-0.05, 0) is 50.3 Å². The fraction of sp³-hybridized carbons (Fsp3) is 0.667. The van der Waals surface area contributed by atoms with Crippen molar-refractivity contribution in [3.8, 4) is 11.5 Å². The van der Waals surface area contributed by atoms with Crippen molar-refractivity contribution in [1.29, 1.82) is 0 Å². The van der Waals surface area contributed by atoms with Crippen LogP contribution in [0.3, 0.4) is 0 Å². The molecule has 1 aromatic carbocycles. The highest BCUT2D eigenvalue weighted by molar-refractivity contribution is 5.93. The van der Waals surface area contributed by atoms with Gasteiger partial charge in [0.25, 0.3) is 0 Å². The predicted molar refractivity (Wildman–Crippen MR) is 113 cm³/mol. The largest absolute Gasteiger partial charge is 0.493 e. The van der Waals surface area contributed by atoms with E-state index in [-0.39, 0.29) is 0 Å². The number of aliphatic imine (C=N–C) groups is 1. The van der Waals surface area contributed by atoms with Crippen molar-refractivity contribution in [3.05, 3.63) is 18.2 Å². The van der Waals surface area contributed by atoms with Crippen molar-refractivity contribution in [2.24, 2.45) is 16.8 Å². The van der Waals surface area contributed by atoms with Crippen LogP contribution >= 0.6 is 0 Å². The quantitative estimate of drug-likeness (QED) is 0.538. The Balaban J connectivity index is 1.88. The summed E-state index contributed by atoms with van der Waals surface area (Å²) in [5.41, 5.74) is 0.925. The maximum absolute atomic E-state index is 5.58. The molecule has 1 unspecified atom stereocenters. The number of benzene rings is 1. The normalized spacial score (nSPS) is 18.4. The lowest BCUT2D eigenvalue weighted by Gasteiger charge is -2.34. The molecule has 1 heterocycles. The van der Waals surface area contributed by atoms with Gasteiger partial charge in [-0.2, -0.15) is 0 Å². The van der Waals surface area contributed by atoms with Gasteiger partial charge in [0, 0.05) is 38.4 Å². The van der Waals surface area contributed by atoms with Crippen LogP contribution in [-0.2, 0) is 0 Å². The van der Waals surface area contributed by atoms with E-state index in [4.69, 9.17) is 9.47 Å². The highest BCUT2D eigenvalue weighted by Gasteiger charge is 2.20. The maximum Gasteiger partial charge on any atom is 0.195 e. The van der Waals surface area contributed by atoms with Gasteiger partial charge in [0.1, 0.15) is 0 Å². The SMILES string of the molecule is CCOc1ccc(NC(=NC)NCC2CCCN(CC(C)C)C2)cc1OC. The van der Waals surface area contributed by atoms with Gasteiger partial charge >= 0.3 is 0 Å². The van der Waals surface area contributed by atoms with E-state index in [1.807, 2.05) is 25.1 Å². The van der Waals surface area contributed by atoms with Crippen LogP contribution in [0.15, 0.2) is 23.2 Å². The summed E-state index contributed by atoms with van der Waals surface area (Å²) in [6.45, 7) is 11.7. The highest BCUT2D eigenvalue weighted by atomic mass is 16.5. The van der Waals surface area contributed by atoms with Crippen molar-refractivity contribution < 1.29 is 9.47 Å². The molecule has 0 aromatic heterocycles. The first-order valence-electron chi connectivity index (χ1n) is 10.1. The summed E-state index contributed by atoms with van der Waals surface area (Å²) < 4.78 is 11.0. The first-order valence-corrected chi connectivity index (χ1v) is 10.1. The molecule has 0 aliphatic carbocycles. The molecule has 0 radical (unpaired) electrons. The molecule has 1 atom stereocenters. The summed E-state index contributed by atoms with van der Waals surface area (Å²) in [5.74, 6) is 3.63. The second kappa shape index (κ2) is 11.0. The van der Waals surface area contributed by atoms with Gasteiger partial charge in [0.15, 0.2) is 17.5 Å². The van der Waals surface area contributed by atoms with E-state index in [2.05, 4.69) is 34.4 Å². The van der Waals surface area contributed by atoms with Crippen LogP contribution in [0, 0.1) is 11.8 Å². The zero-order valence-corrected chi connectivity index (χ0v) is 17.5. The molecule has 0 amide bonds. The predicted octanol–water partition coefficient (Wildman–Crippen LogP) is 3.45. The zero-order chi connectivity index (χ0) is 19.6. The zero-order valence-electron chi connectivity index (χ0n) is 17.5. The number of guanidine groups is 1. The van der Waals surface area contributed by atoms with E-state index < -0.39 is 0 Å². The molecule has 0 spiro atoms. The first-order chi connectivity index (χ1) is 13.0. The third-order valence-electron chi connectivity index (χ3n) is 4.73. The lowest BCUT2D eigenvalue weighted by atomic mass is 9.97. The van der Waals surface area contributed by atoms with Gasteiger partial charge in [-0.1, -0.05) is 13.8 Å². The molecule has 27 heavy (non-hydrogen) atoms. The number of methoxy groups -OCH3 is 1. The average molecular weight is 377 g/mol. The second-order valence-electron chi connectivity index (χ2n) is 7.54. The summed E-state index contributed by atoms with van der Waals surface area (Å²) in [4.78, 5) is 6.95. The van der Waals surface area contributed by atoms with Crippen LogP contribution in [0.2, 0.25) is 0 Å². The lowest BCUT2D eigenvalue weighted by molar-refractivity contribution is 0.159. The van der Waals surface area contributed by atoms with E-state index in [0.29, 0.717) is 18.3 Å². The van der Waals surface area contributed by atoms with Crippen LogP contribution in [0.5, 0.6) is 11.5 Å². The molecule has 2 N–H and O–H groups in total. The number of ether oxygens (including phenoxy) is 2. The Labute approximate surface area is 164 Å². The van der Waals surface area contributed by atoms with Gasteiger partial charge < -0.3 is 25.0 Å². The molecule has 1 aliphatic rings. The third-order valence-corrected chi connectivity index (χ3v) is 4.73. The summed E-state index contributed by atoms with van der Waals surface area (Å²) in [6.07, 6.45) is 2.55. The van der Waals surface area contributed by atoms with Gasteiger partial charge in [0.05, 0.1) is 13.7 Å². The van der Waals surface area contributed by atoms with Crippen molar-refractivity contribution in [2.45, 2.75) is 33.6 Å². The summed E-state index contributed by atoms with van der Waals surface area (Å²) >= 11 is 0. The number of nitrogens with zero attached hydrogens (tertiary/aromatic N) is 2. The topological polar surface area (TPSA) is 58.1 Å². The molecule has 1 saturated heterocycles. The van der Waals surface area contributed by atoms with E-state index in [1.165, 1.54) is 32.5 Å². The fourth-order valence-electron chi connectivity index (χ4n) is 3.58. The minimum Gasteiger partial charge on any atom is -0.493 e. The summed E-state index contributed by atoms with van der Waals surface area (Å²) in [7, 11) is 3.45. The first kappa shape index (κ1) is 21.4. The average Bonchev–Trinajstić information content (AvgIpc) is 2.66. The molecule has 6 heteroatoms. The molecule has 1 aromatic rings. The third kappa shape index (κ3) is 6.94. The number of hydrogen-bond donors (Lipinski definition) is 2. The molecular weight excluding hydrogens is 340 g/mol. The number of nitrogens with one attached hydrogen (secondary N) is 2. The molecule has 2 rings (SSSR count). The van der Waals surface area contributed by atoms with Crippen molar-refractivity contribution in [2.75, 3.05) is 52.3 Å². The standard InChI is InChI=1S/C21H36N4O2/c1-6-27-19-10-9-18(12-20(19)26-5)24-21(22-4)23-13-17-8-7-11-25(15-17)14-16(2)3/h9-10,12,16-17H,6-8,11,13-15H2,1-5H3,(H2,22,23,24). The summed E-state index contributed by atoms with van der Waals surface area (Å²) in [5, 5.41) is 6.82. The van der Waals surface area contributed by atoms with Gasteiger partial charge in [-0.15, -0.1) is 0 Å². The smallest absolute Gasteiger partial charge is 0.195 e. The molecule has 0 bridgehead atoms. The Morgan fingerprint density at radius 3 is 2.81 bits per heavy atom. The second-order valence-corrected chi connectivity index (χ2v) is 7.54. The fourth-order valence-corrected chi connectivity index (χ4v) is 3.58. The van der Waals surface area contributed by atoms with Gasteiger partial charge in [-0.3, -0.25) is 4.99 Å². The Bertz CT molecular complexity index is 604. The Kier molecular flexibility index (Phi) is 8.72. The minimum atomic E-state index is 0.613. The van der Waals surface area contributed by atoms with Gasteiger partial charge in [0.2, 0.25) is 0 Å². The minimum absolute atomic E-state index is 0.613. The molecule has 6 nitrogen and oxygen atoms in total. The number of hydrogen-bond acceptors (Lipinski definition) is 4. The van der Waals surface area contributed by atoms with Crippen molar-refractivity contribution in [1.82, 2.24) is 10.2 Å². The van der Waals surface area contributed by atoms with E-state index in [1.54, 1.807) is 14.2 Å². The monoisotopic (exact) mass is 376 g/mol. The number of piperidine rings is 1. The van der Waals surface area contributed by atoms with Gasteiger partial charge in [-0.25, -0.2) is 0 Å². The number of likely N-dealkylation sites (tertiary alicyclic amines) is 1. The summed E-state index contributed by atoms with van der Waals surface area (Å²) in [6, 6.07) is 5.83. The van der Waals surface area contributed by atoms with Crippen LogP contribution in [-0.4, -0.2) is 57.8 Å². The Hall–Kier alpha value is -1.95. The Morgan fingerprint density at radius 1 is 1.33 bits per heavy atom. The molecule has 1 fully saturated rings. The van der Waals surface area contributed by atoms with E-state index in [9.17, 15) is 0 Å². The number of anilines is 1. The number of rotatable bonds is 8. The maximum atomic E-state index is 5.58. The van der Waals surface area contributed by atoms with E-state index >= 15 is 0 Å². The van der Waals surface area contributed by atoms with E-state index in [0.717, 1.165) is 29.9 Å². The molecule has 1 aliphatic heterocycles. The van der Waals surface area contributed by atoms with Crippen LogP contribution in [0.1, 0.15) is 33.6 Å². The molecule has 152 valence electrons. The van der Waals surface area contributed by atoms with Crippen molar-refractivity contribution in [3.63, 3.8) is 0 Å². The Morgan fingerprint density at radius 2 is 2.15 bits per heavy atom. The molecular formula is C21H36N4O2. The van der Waals surface area contributed by atoms with Crippen LogP contribution in [0.25, 0.3) is 0 Å². The highest BCUT2D eigenvalue weighted by Crippen LogP contribution is 2.30. The van der Waals surface area contributed by atoms with Crippen LogP contribution < -0.4 is 20.1 Å². The molecule has 0 saturated carbocycles. The van der Waals surface area contributed by atoms with Crippen LogP contribution in [0.4, 0.5) is 5.69 Å². The van der Waals surface area contributed by atoms with Crippen molar-refractivity contribution >= 4 is 11.6 Å².